The molecule has 2 aliphatic carbocycles. The van der Waals surface area contributed by atoms with Gasteiger partial charge in [0.05, 0.1) is 22.5 Å². The number of allylic oxidation sites excluding steroid dienone is 1. The lowest BCUT2D eigenvalue weighted by atomic mass is 9.87. The third-order valence-electron chi connectivity index (χ3n) is 11.8. The van der Waals surface area contributed by atoms with E-state index in [0.717, 1.165) is 34.9 Å². The van der Waals surface area contributed by atoms with Crippen molar-refractivity contribution in [2.45, 2.75) is 146 Å². The van der Waals surface area contributed by atoms with Crippen LogP contribution >= 0.6 is 0 Å². The second-order valence-electron chi connectivity index (χ2n) is 17.4. The minimum absolute atomic E-state index is 0.0659. The summed E-state index contributed by atoms with van der Waals surface area (Å²) in [6, 6.07) is 4.07. The van der Waals surface area contributed by atoms with E-state index in [2.05, 4.69) is 21.4 Å². The molecule has 2 unspecified atom stereocenters. The molecule has 4 amide bonds. The van der Waals surface area contributed by atoms with Gasteiger partial charge >= 0.3 is 6.09 Å². The van der Waals surface area contributed by atoms with E-state index in [4.69, 9.17) is 14.5 Å². The first-order chi connectivity index (χ1) is 25.3. The van der Waals surface area contributed by atoms with Crippen molar-refractivity contribution in [2.24, 2.45) is 5.92 Å². The van der Waals surface area contributed by atoms with Gasteiger partial charge in [-0.25, -0.2) is 18.2 Å². The number of fused-ring (bicyclic) bond motifs is 5. The molecule has 2 aromatic rings. The molecule has 0 radical (unpaired) electrons. The highest BCUT2D eigenvalue weighted by Gasteiger charge is 2.64. The molecule has 292 valence electrons. The van der Waals surface area contributed by atoms with Gasteiger partial charge in [-0.1, -0.05) is 36.6 Å². The lowest BCUT2D eigenvalue weighted by Gasteiger charge is -2.37. The maximum Gasteiger partial charge on any atom is 0.408 e. The smallest absolute Gasteiger partial charge is 0.408 e. The molecule has 2 saturated carbocycles. The van der Waals surface area contributed by atoms with Crippen molar-refractivity contribution >= 4 is 44.7 Å². The molecule has 0 bridgehead atoms. The lowest BCUT2D eigenvalue weighted by molar-refractivity contribution is -0.141. The molecule has 3 N–H and O–H groups in total. The van der Waals surface area contributed by atoms with Crippen molar-refractivity contribution in [3.63, 3.8) is 0 Å². The topological polar surface area (TPSA) is 173 Å². The van der Waals surface area contributed by atoms with E-state index in [1.807, 2.05) is 38.1 Å². The van der Waals surface area contributed by atoms with Crippen LogP contribution in [-0.2, 0) is 35.6 Å². The fourth-order valence-corrected chi connectivity index (χ4v) is 9.57. The Morgan fingerprint density at radius 1 is 1.07 bits per heavy atom. The van der Waals surface area contributed by atoms with E-state index in [9.17, 15) is 27.6 Å². The highest BCUT2D eigenvalue weighted by molar-refractivity contribution is 7.91. The Bertz CT molecular complexity index is 2040. The third kappa shape index (κ3) is 7.29. The number of benzene rings is 1. The monoisotopic (exact) mass is 763 g/mol. The summed E-state index contributed by atoms with van der Waals surface area (Å²) in [7, 11) is -3.98. The van der Waals surface area contributed by atoms with Gasteiger partial charge in [0.25, 0.3) is 5.91 Å². The van der Waals surface area contributed by atoms with Crippen molar-refractivity contribution in [1.29, 1.82) is 0 Å². The number of hydrogen-bond acceptors (Lipinski definition) is 9. The van der Waals surface area contributed by atoms with Crippen LogP contribution < -0.4 is 20.1 Å². The minimum atomic E-state index is -3.98. The number of ether oxygens (including phenoxy) is 2. The Hall–Kier alpha value is -4.20. The summed E-state index contributed by atoms with van der Waals surface area (Å²) in [4.78, 5) is 62.7. The first kappa shape index (κ1) is 38.1. The van der Waals surface area contributed by atoms with Gasteiger partial charge in [-0.15, -0.1) is 0 Å². The number of amides is 4. The van der Waals surface area contributed by atoms with E-state index >= 15 is 0 Å². The summed E-state index contributed by atoms with van der Waals surface area (Å²) < 4.78 is 40.1. The Kier molecular flexibility index (Phi) is 9.54. The average Bonchev–Trinajstić information content (AvgIpc) is 3.98. The van der Waals surface area contributed by atoms with E-state index in [-0.39, 0.29) is 19.4 Å². The molecule has 5 aliphatic rings. The molecule has 3 aliphatic heterocycles. The lowest BCUT2D eigenvalue weighted by Crippen LogP contribution is -2.58. The van der Waals surface area contributed by atoms with Crippen LogP contribution in [0.25, 0.3) is 10.9 Å². The summed E-state index contributed by atoms with van der Waals surface area (Å²) >= 11 is 0. The summed E-state index contributed by atoms with van der Waals surface area (Å²) in [5.41, 5.74) is 0.455. The predicted molar refractivity (Wildman–Crippen MR) is 202 cm³/mol. The van der Waals surface area contributed by atoms with Crippen LogP contribution in [0.1, 0.15) is 109 Å². The standard InChI is InChI=1S/C40H53N5O8S/c1-24-14-15-29-28(20-24)27-16-17-39(52-32(27)25(2)41-29)22-31-33(46)43-40(35(48)44-54(50,51)38(6)18-19-38)21-26(40)12-10-8-7-9-11-13-30(34(47)45(31)23-39)42-36(49)53-37(3,4)5/h10,12,14-15,20,26,30-31H,7-9,11,13,16-19,21-23H2,1-6H3,(H,42,49)(H,43,46)(H,44,48)/b12-10-/t26?,30?,31-,39+,40+/m0/s1. The fraction of sp³-hybridized carbons (Fsp3) is 0.625. The highest BCUT2D eigenvalue weighted by Crippen LogP contribution is 2.49. The zero-order chi connectivity index (χ0) is 38.8. The molecule has 7 rings (SSSR count). The van der Waals surface area contributed by atoms with Crippen molar-refractivity contribution in [2.75, 3.05) is 6.54 Å². The maximum absolute atomic E-state index is 14.7. The number of sulfonamides is 1. The SMILES string of the molecule is Cc1ccc2nc(C)c3c(c2c1)CC[C@]1(C[C@H]2C(=O)N[C@]4(C(=O)NS(=O)(=O)C5(C)CC5)CC4/C=C\CCCCCC(NC(=O)OC(C)(C)C)C(=O)N2C1)O3. The number of nitrogens with one attached hydrogen (secondary N) is 3. The van der Waals surface area contributed by atoms with Crippen LogP contribution in [0.4, 0.5) is 4.79 Å². The van der Waals surface area contributed by atoms with E-state index in [0.29, 0.717) is 56.4 Å². The first-order valence-electron chi connectivity index (χ1n) is 19.3. The molecule has 14 heteroatoms. The molecule has 1 aromatic carbocycles. The molecule has 1 saturated heterocycles. The van der Waals surface area contributed by atoms with E-state index in [1.54, 1.807) is 27.7 Å². The van der Waals surface area contributed by atoms with Gasteiger partial charge in [-0.05, 0) is 105 Å². The Morgan fingerprint density at radius 2 is 1.83 bits per heavy atom. The van der Waals surface area contributed by atoms with Crippen molar-refractivity contribution in [3.8, 4) is 5.75 Å². The van der Waals surface area contributed by atoms with E-state index < -0.39 is 73.3 Å². The first-order valence-corrected chi connectivity index (χ1v) is 20.8. The van der Waals surface area contributed by atoms with Gasteiger partial charge in [0.15, 0.2) is 0 Å². The number of alkyl carbamates (subject to hydrolysis) is 1. The van der Waals surface area contributed by atoms with Crippen LogP contribution in [0.3, 0.4) is 0 Å². The fourth-order valence-electron chi connectivity index (χ4n) is 8.26. The predicted octanol–water partition coefficient (Wildman–Crippen LogP) is 4.80. The quantitative estimate of drug-likeness (QED) is 0.370. The normalized spacial score (nSPS) is 30.0. The Morgan fingerprint density at radius 3 is 2.56 bits per heavy atom. The van der Waals surface area contributed by atoms with Gasteiger partial charge in [-0.2, -0.15) is 0 Å². The maximum atomic E-state index is 14.7. The second kappa shape index (κ2) is 13.5. The van der Waals surface area contributed by atoms with Crippen LogP contribution in [0, 0.1) is 19.8 Å². The minimum Gasteiger partial charge on any atom is -0.483 e. The van der Waals surface area contributed by atoms with Gasteiger partial charge in [-0.3, -0.25) is 19.1 Å². The number of pyridine rings is 1. The summed E-state index contributed by atoms with van der Waals surface area (Å²) in [6.07, 6.45) is 8.79. The molecular formula is C40H53N5O8S. The molecule has 13 nitrogen and oxygen atoms in total. The Balaban J connectivity index is 1.24. The van der Waals surface area contributed by atoms with Gasteiger partial charge in [0.1, 0.15) is 34.6 Å². The summed E-state index contributed by atoms with van der Waals surface area (Å²) in [6.45, 7) is 10.8. The zero-order valence-electron chi connectivity index (χ0n) is 32.2. The number of rotatable bonds is 4. The van der Waals surface area contributed by atoms with Crippen LogP contribution in [-0.4, -0.2) is 82.2 Å². The molecule has 1 spiro atoms. The molecule has 3 fully saturated rings. The third-order valence-corrected chi connectivity index (χ3v) is 14.0. The number of hydrogen-bond donors (Lipinski definition) is 3. The number of nitrogens with zero attached hydrogens (tertiary/aromatic N) is 2. The summed E-state index contributed by atoms with van der Waals surface area (Å²) in [5.74, 6) is -1.58. The number of carbonyl (C=O) groups is 4. The number of aromatic nitrogens is 1. The van der Waals surface area contributed by atoms with Gasteiger partial charge in [0.2, 0.25) is 21.8 Å². The molecule has 54 heavy (non-hydrogen) atoms. The van der Waals surface area contributed by atoms with Crippen LogP contribution in [0.2, 0.25) is 0 Å². The molecule has 4 heterocycles. The zero-order valence-corrected chi connectivity index (χ0v) is 33.0. The molecular weight excluding hydrogens is 711 g/mol. The van der Waals surface area contributed by atoms with Crippen molar-refractivity contribution in [1.82, 2.24) is 25.2 Å². The van der Waals surface area contributed by atoms with Crippen LogP contribution in [0.15, 0.2) is 30.4 Å². The van der Waals surface area contributed by atoms with Crippen molar-refractivity contribution in [3.05, 3.63) is 47.2 Å². The van der Waals surface area contributed by atoms with Gasteiger partial charge < -0.3 is 25.0 Å². The second-order valence-corrected chi connectivity index (χ2v) is 19.6. The van der Waals surface area contributed by atoms with E-state index in [1.165, 1.54) is 4.90 Å². The molecule has 1 aromatic heterocycles. The summed E-state index contributed by atoms with van der Waals surface area (Å²) in [5, 5.41) is 6.75. The largest absolute Gasteiger partial charge is 0.483 e. The molecule has 5 atom stereocenters. The Labute approximate surface area is 317 Å². The van der Waals surface area contributed by atoms with Gasteiger partial charge in [0, 0.05) is 23.3 Å². The van der Waals surface area contributed by atoms with Crippen molar-refractivity contribution < 1.29 is 37.1 Å². The number of carbonyl (C=O) groups excluding carboxylic acids is 4. The average molecular weight is 764 g/mol. The van der Waals surface area contributed by atoms with Crippen LogP contribution in [0.5, 0.6) is 5.75 Å². The highest BCUT2D eigenvalue weighted by atomic mass is 32.2. The number of aryl methyl sites for hydroxylation is 3.